The molecular weight excluding hydrogens is 1550 g/mol. The molecule has 0 saturated heterocycles. The molecule has 1 unspecified atom stereocenters. The minimum atomic E-state index is -5.07. The largest absolute Gasteiger partial charge is 0.744 e. The Morgan fingerprint density at radius 2 is 1.10 bits per heavy atom. The monoisotopic (exact) mass is 1650 g/mol. The van der Waals surface area contributed by atoms with Gasteiger partial charge in [-0.05, 0) is 122 Å². The van der Waals surface area contributed by atoms with Gasteiger partial charge in [0.2, 0.25) is 35.4 Å². The summed E-state index contributed by atoms with van der Waals surface area (Å²) in [4.78, 5) is 134. The number of fused-ring (bicyclic) bond motifs is 2. The van der Waals surface area contributed by atoms with Crippen molar-refractivity contribution in [3.05, 3.63) is 185 Å². The van der Waals surface area contributed by atoms with Gasteiger partial charge in [0.05, 0.1) is 34.4 Å². The van der Waals surface area contributed by atoms with Crippen LogP contribution in [0.5, 0.6) is 0 Å². The number of hydrogen-bond acceptors (Lipinski definition) is 19. The van der Waals surface area contributed by atoms with Crippen molar-refractivity contribution in [2.75, 3.05) is 60.6 Å². The summed E-state index contributed by atoms with van der Waals surface area (Å²) in [6, 6.07) is 28.5. The summed E-state index contributed by atoms with van der Waals surface area (Å²) >= 11 is 0. The van der Waals surface area contributed by atoms with E-state index in [1.54, 1.807) is 121 Å². The standard InChI is InChI=1S/C79H98N10O23S3/c1-6-88(40-18-42-113(103,104)105)54-29-31-57-58(78(2,3)4)48-55(112-66(57)47-54)26-16-27-67-79(5,59-49-56(115(109,110)111)30-34-65(59)89(67)41-19-43-114(106,107)108)37-17-28-68(90)84-64(46-53-24-14-9-15-25-53)74(97)85-63(45-52-22-12-8-13-23-52)73(96)82-50-70(92)80-38-39-81-72(95)62(44-51-20-10-7-11-21-51)83-69(91)35-32-60(75(98)99)86-77(102)87-61(76(100)101)33-36-71(93)94/h7-16,20-27,29-31,34,47-49,60-64H,6,17-19,28,32-33,35-46,50H2,1-5H3,(H13-,80,81,82,83,84,85,86,87,90,91,92,93,94,95,96,97,98,99,100,101,102,103,104,105,106,107,108,109,110,111)/b26-16+,67-27-/t60-,61-,62-,63-,64-,79?/m0/s1. The highest BCUT2D eigenvalue weighted by Gasteiger charge is 2.44. The molecule has 0 aliphatic carbocycles. The second-order valence-electron chi connectivity index (χ2n) is 28.8. The van der Waals surface area contributed by atoms with Crippen LogP contribution in [0.25, 0.3) is 17.0 Å². The van der Waals surface area contributed by atoms with Crippen LogP contribution in [0.2, 0.25) is 0 Å². The Hall–Kier alpha value is -11.2. The third kappa shape index (κ3) is 29.0. The van der Waals surface area contributed by atoms with Crippen LogP contribution in [-0.4, -0.2) is 195 Å². The molecule has 115 heavy (non-hydrogen) atoms. The van der Waals surface area contributed by atoms with E-state index >= 15 is 0 Å². The summed E-state index contributed by atoms with van der Waals surface area (Å²) in [6.07, 6.45) is 2.60. The Bertz CT molecular complexity index is 4900. The Kier molecular flexibility index (Phi) is 33.0. The highest BCUT2D eigenvalue weighted by Crippen LogP contribution is 2.51. The Balaban J connectivity index is 1.05. The summed E-state index contributed by atoms with van der Waals surface area (Å²) in [6.45, 7) is 9.52. The van der Waals surface area contributed by atoms with E-state index in [9.17, 15) is 97.1 Å². The molecule has 0 bridgehead atoms. The number of carboxylic acid groups (broad SMARTS) is 3. The van der Waals surface area contributed by atoms with Crippen molar-refractivity contribution in [2.24, 2.45) is 0 Å². The van der Waals surface area contributed by atoms with E-state index in [-0.39, 0.29) is 71.0 Å². The number of benzene rings is 5. The molecule has 5 aromatic carbocycles. The normalized spacial score (nSPS) is 15.3. The number of urea groups is 1. The average Bonchev–Trinajstić information content (AvgIpc) is 1.58. The number of anilines is 2. The lowest BCUT2D eigenvalue weighted by molar-refractivity contribution is -0.141. The average molecular weight is 1650 g/mol. The zero-order chi connectivity index (χ0) is 84.4. The SMILES string of the molecule is CCN(CCCS(=O)(=O)O)c1ccc2c(C(C)(C)C)cc(/C=C/C=C3\N(CCCS(=O)(=O)O)c4ccc(S(=O)(=O)[O-])cc4C3(C)CCCC(=O)N[C@@H](Cc3ccccc3)C(=O)N[C@@H](Cc3ccccc3)C(=O)NCC(=O)NCCNC(=O)[C@H](Cc3ccccc3)NC(=O)CC[C@H](NC(=O)N[C@@H](CCC(=O)O)C(=O)O)C(=O)O)[o+]c2c1. The van der Waals surface area contributed by atoms with Gasteiger partial charge in [0, 0.05) is 106 Å². The topological polar surface area (TPSA) is 511 Å². The molecule has 0 fully saturated rings. The van der Waals surface area contributed by atoms with Crippen molar-refractivity contribution in [3.63, 3.8) is 0 Å². The van der Waals surface area contributed by atoms with Crippen LogP contribution in [0.15, 0.2) is 161 Å². The van der Waals surface area contributed by atoms with E-state index < -0.39 is 179 Å². The molecule has 0 radical (unpaired) electrons. The van der Waals surface area contributed by atoms with Gasteiger partial charge in [-0.1, -0.05) is 118 Å². The number of nitrogens with one attached hydrogen (secondary N) is 8. The Labute approximate surface area is 666 Å². The molecule has 6 aromatic rings. The van der Waals surface area contributed by atoms with E-state index in [0.717, 1.165) is 22.7 Å². The van der Waals surface area contributed by atoms with Crippen LogP contribution in [-0.2, 0) is 104 Å². The first-order chi connectivity index (χ1) is 54.2. The fraction of sp³-hybridized carbons (Fsp3) is 0.405. The van der Waals surface area contributed by atoms with Crippen molar-refractivity contribution in [1.82, 2.24) is 42.5 Å². The number of rotatable bonds is 44. The van der Waals surface area contributed by atoms with Crippen molar-refractivity contribution in [1.29, 1.82) is 0 Å². The van der Waals surface area contributed by atoms with Crippen molar-refractivity contribution >= 4 is 118 Å². The molecule has 0 spiro atoms. The number of amides is 8. The van der Waals surface area contributed by atoms with Gasteiger partial charge in [-0.3, -0.25) is 42.7 Å². The van der Waals surface area contributed by atoms with Gasteiger partial charge in [-0.2, -0.15) is 16.8 Å². The van der Waals surface area contributed by atoms with Crippen LogP contribution >= 0.6 is 0 Å². The van der Waals surface area contributed by atoms with Crippen LogP contribution < -0.4 is 52.3 Å². The summed E-state index contributed by atoms with van der Waals surface area (Å²) in [5.74, 6) is -9.63. The molecular formula is C79H98N10O23S3. The number of allylic oxidation sites excluding steroid dienone is 3. The van der Waals surface area contributed by atoms with Crippen LogP contribution in [0, 0.1) is 0 Å². The van der Waals surface area contributed by atoms with E-state index in [1.165, 1.54) is 12.1 Å². The lowest BCUT2D eigenvalue weighted by Crippen LogP contribution is -2.56. The summed E-state index contributed by atoms with van der Waals surface area (Å²) in [7, 11) is -13.7. The first-order valence-electron chi connectivity index (χ1n) is 37.1. The second-order valence-corrected chi connectivity index (χ2v) is 33.4. The first kappa shape index (κ1) is 91.0. The predicted octanol–water partition coefficient (Wildman–Crippen LogP) is 5.52. The van der Waals surface area contributed by atoms with Crippen molar-refractivity contribution in [2.45, 2.75) is 158 Å². The highest BCUT2D eigenvalue weighted by atomic mass is 32.2. The number of carbonyl (C=O) groups is 10. The van der Waals surface area contributed by atoms with Gasteiger partial charge in [-0.15, -0.1) is 0 Å². The van der Waals surface area contributed by atoms with Crippen LogP contribution in [0.3, 0.4) is 0 Å². The number of carbonyl (C=O) groups excluding carboxylic acids is 7. The fourth-order valence-corrected chi connectivity index (χ4v) is 14.7. The van der Waals surface area contributed by atoms with Crippen LogP contribution in [0.1, 0.15) is 126 Å². The minimum absolute atomic E-state index is 0.0403. The number of aliphatic carboxylic acids is 3. The van der Waals surface area contributed by atoms with Gasteiger partial charge >= 0.3 is 35.3 Å². The molecule has 620 valence electrons. The van der Waals surface area contributed by atoms with E-state index in [1.807, 2.05) is 62.2 Å². The number of carboxylic acids is 3. The van der Waals surface area contributed by atoms with Gasteiger partial charge in [0.15, 0.2) is 0 Å². The minimum Gasteiger partial charge on any atom is -0.744 e. The zero-order valence-corrected chi connectivity index (χ0v) is 66.6. The Morgan fingerprint density at radius 3 is 1.63 bits per heavy atom. The summed E-state index contributed by atoms with van der Waals surface area (Å²) in [5.41, 5.74) is 3.51. The van der Waals surface area contributed by atoms with Crippen molar-refractivity contribution < 1.29 is 107 Å². The van der Waals surface area contributed by atoms with E-state index in [4.69, 9.17) is 9.52 Å². The molecule has 1 aromatic heterocycles. The maximum Gasteiger partial charge on any atom is 0.363 e. The smallest absolute Gasteiger partial charge is 0.363 e. The molecule has 0 saturated carbocycles. The molecule has 7 rings (SSSR count). The maximum absolute atomic E-state index is 14.7. The number of hydrogen-bond donors (Lipinski definition) is 13. The zero-order valence-electron chi connectivity index (χ0n) is 64.2. The van der Waals surface area contributed by atoms with Crippen LogP contribution in [0.4, 0.5) is 16.2 Å². The maximum atomic E-state index is 14.7. The quantitative estimate of drug-likeness (QED) is 0.0127. The molecule has 33 nitrogen and oxygen atoms in total. The molecule has 13 N–H and O–H groups in total. The van der Waals surface area contributed by atoms with E-state index in [2.05, 4.69) is 37.2 Å². The summed E-state index contributed by atoms with van der Waals surface area (Å²) < 4.78 is 111. The third-order valence-electron chi connectivity index (χ3n) is 19.0. The van der Waals surface area contributed by atoms with Gasteiger partial charge in [-0.25, -0.2) is 27.2 Å². The molecule has 2 heterocycles. The van der Waals surface area contributed by atoms with Gasteiger partial charge in [0.25, 0.3) is 20.2 Å². The molecule has 6 atom stereocenters. The van der Waals surface area contributed by atoms with Gasteiger partial charge < -0.3 is 72.2 Å². The predicted molar refractivity (Wildman–Crippen MR) is 425 cm³/mol. The highest BCUT2D eigenvalue weighted by molar-refractivity contribution is 7.86. The molecule has 36 heteroatoms. The Morgan fingerprint density at radius 1 is 0.583 bits per heavy atom. The lowest BCUT2D eigenvalue weighted by Gasteiger charge is -2.30. The molecule has 1 aliphatic rings. The summed E-state index contributed by atoms with van der Waals surface area (Å²) in [5, 5.41) is 48.9. The van der Waals surface area contributed by atoms with Gasteiger partial charge in [0.1, 0.15) is 40.3 Å². The molecule has 1 aliphatic heterocycles. The van der Waals surface area contributed by atoms with E-state index in [0.29, 0.717) is 58.1 Å². The first-order valence-corrected chi connectivity index (χ1v) is 41.7. The molecule has 8 amide bonds. The third-order valence-corrected chi connectivity index (χ3v) is 21.4. The number of nitrogens with zero attached hydrogens (tertiary/aromatic N) is 2. The fourth-order valence-electron chi connectivity index (χ4n) is 13.2. The second kappa shape index (κ2) is 41.7. The lowest BCUT2D eigenvalue weighted by atomic mass is 9.77. The van der Waals surface area contributed by atoms with Crippen molar-refractivity contribution in [3.8, 4) is 0 Å².